The molecule has 0 spiro atoms. The molecule has 6 heteroatoms. The van der Waals surface area contributed by atoms with Gasteiger partial charge >= 0.3 is 5.97 Å². The van der Waals surface area contributed by atoms with Gasteiger partial charge in [0.2, 0.25) is 0 Å². The number of nitrogens with zero attached hydrogens (tertiary/aromatic N) is 1. The van der Waals surface area contributed by atoms with Crippen molar-refractivity contribution in [1.29, 1.82) is 0 Å². The third-order valence-electron chi connectivity index (χ3n) is 3.99. The van der Waals surface area contributed by atoms with E-state index >= 15 is 0 Å². The molecule has 0 fully saturated rings. The van der Waals surface area contributed by atoms with Gasteiger partial charge in [0, 0.05) is 28.4 Å². The fourth-order valence-electron chi connectivity index (χ4n) is 2.99. The molecule has 3 rings (SSSR count). The summed E-state index contributed by atoms with van der Waals surface area (Å²) in [5.41, 5.74) is 3.19. The Morgan fingerprint density at radius 3 is 2.83 bits per heavy atom. The monoisotopic (exact) mass is 331 g/mol. The number of esters is 1. The molecule has 1 aliphatic heterocycles. The highest BCUT2D eigenvalue weighted by Gasteiger charge is 2.36. The number of aromatic amines is 1. The molecule has 0 radical (unpaired) electrons. The Bertz CT molecular complexity index is 767. The lowest BCUT2D eigenvalue weighted by Gasteiger charge is -2.28. The van der Waals surface area contributed by atoms with Crippen LogP contribution in [-0.2, 0) is 9.53 Å². The van der Waals surface area contributed by atoms with Crippen LogP contribution in [0.1, 0.15) is 36.8 Å². The first-order chi connectivity index (χ1) is 11.2. The maximum atomic E-state index is 12.5. The van der Waals surface area contributed by atoms with Gasteiger partial charge in [0.25, 0.3) is 0 Å². The Hall–Kier alpha value is -2.27. The van der Waals surface area contributed by atoms with E-state index in [9.17, 15) is 4.79 Å². The summed E-state index contributed by atoms with van der Waals surface area (Å²) in [7, 11) is 1.40. The van der Waals surface area contributed by atoms with Gasteiger partial charge in [-0.1, -0.05) is 43.1 Å². The predicted octanol–water partition coefficient (Wildman–Crippen LogP) is 3.85. The Morgan fingerprint density at radius 1 is 1.35 bits per heavy atom. The maximum Gasteiger partial charge on any atom is 0.336 e. The standard InChI is InChI=1S/C17H18ClN3O2/c1-3-6-13-15(17(22)23-2)14(10-7-4-5-8-12(10)18)11-9-19-21-16(11)20-13/h4-5,7-9,14H,3,6H2,1-2H3,(H2,19,20,21). The number of fused-ring (bicyclic) bond motifs is 1. The molecule has 2 N–H and O–H groups in total. The molecule has 5 nitrogen and oxygen atoms in total. The van der Waals surface area contributed by atoms with Crippen LogP contribution in [0.15, 0.2) is 41.7 Å². The Labute approximate surface area is 139 Å². The summed E-state index contributed by atoms with van der Waals surface area (Å²) in [6.07, 6.45) is 3.43. The number of carbonyl (C=O) groups is 1. The second kappa shape index (κ2) is 6.46. The van der Waals surface area contributed by atoms with Crippen LogP contribution in [0.3, 0.4) is 0 Å². The third kappa shape index (κ3) is 2.72. The SMILES string of the molecule is CCCC1=C(C(=O)OC)C(c2ccccc2Cl)c2c[nH]nc2N1. The molecular formula is C17H18ClN3O2. The molecule has 1 aromatic heterocycles. The summed E-state index contributed by atoms with van der Waals surface area (Å²) >= 11 is 6.40. The van der Waals surface area contributed by atoms with Crippen LogP contribution in [0.25, 0.3) is 0 Å². The van der Waals surface area contributed by atoms with Gasteiger partial charge in [-0.15, -0.1) is 0 Å². The van der Waals surface area contributed by atoms with Crippen molar-refractivity contribution in [2.75, 3.05) is 12.4 Å². The van der Waals surface area contributed by atoms with Crippen molar-refractivity contribution in [3.8, 4) is 0 Å². The molecular weight excluding hydrogens is 314 g/mol. The van der Waals surface area contributed by atoms with Crippen LogP contribution in [0.5, 0.6) is 0 Å². The number of H-pyrrole nitrogens is 1. The lowest BCUT2D eigenvalue weighted by Crippen LogP contribution is -2.24. The van der Waals surface area contributed by atoms with Crippen molar-refractivity contribution in [2.45, 2.75) is 25.7 Å². The topological polar surface area (TPSA) is 67.0 Å². The van der Waals surface area contributed by atoms with E-state index in [0.29, 0.717) is 10.6 Å². The first kappa shape index (κ1) is 15.6. The van der Waals surface area contributed by atoms with Crippen molar-refractivity contribution in [3.63, 3.8) is 0 Å². The number of rotatable bonds is 4. The zero-order valence-electron chi connectivity index (χ0n) is 13.0. The third-order valence-corrected chi connectivity index (χ3v) is 4.33. The number of methoxy groups -OCH3 is 1. The number of ether oxygens (including phenoxy) is 1. The molecule has 1 atom stereocenters. The van der Waals surface area contributed by atoms with Gasteiger partial charge in [-0.3, -0.25) is 5.10 Å². The highest BCUT2D eigenvalue weighted by Crippen LogP contribution is 2.44. The van der Waals surface area contributed by atoms with Gasteiger partial charge in [0.1, 0.15) is 0 Å². The summed E-state index contributed by atoms with van der Waals surface area (Å²) in [5, 5.41) is 11.0. The second-order valence-corrected chi connectivity index (χ2v) is 5.81. The van der Waals surface area contributed by atoms with E-state index in [4.69, 9.17) is 16.3 Å². The number of allylic oxidation sites excluding steroid dienone is 1. The number of nitrogens with one attached hydrogen (secondary N) is 2. The molecule has 120 valence electrons. The van der Waals surface area contributed by atoms with Crippen molar-refractivity contribution < 1.29 is 9.53 Å². The predicted molar refractivity (Wildman–Crippen MR) is 89.5 cm³/mol. The highest BCUT2D eigenvalue weighted by atomic mass is 35.5. The molecule has 0 amide bonds. The largest absolute Gasteiger partial charge is 0.466 e. The van der Waals surface area contributed by atoms with E-state index in [1.807, 2.05) is 24.3 Å². The zero-order valence-corrected chi connectivity index (χ0v) is 13.8. The number of hydrogen-bond acceptors (Lipinski definition) is 4. The van der Waals surface area contributed by atoms with Gasteiger partial charge in [0.05, 0.1) is 12.7 Å². The Kier molecular flexibility index (Phi) is 4.39. The van der Waals surface area contributed by atoms with E-state index < -0.39 is 0 Å². The lowest BCUT2D eigenvalue weighted by atomic mass is 9.82. The fourth-order valence-corrected chi connectivity index (χ4v) is 3.23. The molecule has 1 aromatic carbocycles. The van der Waals surface area contributed by atoms with E-state index in [-0.39, 0.29) is 11.9 Å². The van der Waals surface area contributed by atoms with Crippen molar-refractivity contribution in [2.24, 2.45) is 0 Å². The number of carbonyl (C=O) groups excluding carboxylic acids is 1. The number of halogens is 1. The molecule has 0 saturated heterocycles. The van der Waals surface area contributed by atoms with Gasteiger partial charge in [-0.2, -0.15) is 5.10 Å². The van der Waals surface area contributed by atoms with Crippen molar-refractivity contribution in [3.05, 3.63) is 57.9 Å². The van der Waals surface area contributed by atoms with Crippen LogP contribution in [0, 0.1) is 0 Å². The summed E-state index contributed by atoms with van der Waals surface area (Å²) < 4.78 is 5.04. The number of aromatic nitrogens is 2. The average Bonchev–Trinajstić information content (AvgIpc) is 3.02. The van der Waals surface area contributed by atoms with Gasteiger partial charge in [0.15, 0.2) is 5.82 Å². The zero-order chi connectivity index (χ0) is 16.4. The van der Waals surface area contributed by atoms with Gasteiger partial charge < -0.3 is 10.1 Å². The summed E-state index contributed by atoms with van der Waals surface area (Å²) in [5.74, 6) is 0.0800. The molecule has 0 saturated carbocycles. The number of anilines is 1. The van der Waals surface area contributed by atoms with Crippen LogP contribution < -0.4 is 5.32 Å². The van der Waals surface area contributed by atoms with E-state index in [1.54, 1.807) is 6.20 Å². The molecule has 2 heterocycles. The lowest BCUT2D eigenvalue weighted by molar-refractivity contribution is -0.136. The molecule has 1 unspecified atom stereocenters. The number of benzene rings is 1. The van der Waals surface area contributed by atoms with Crippen LogP contribution in [-0.4, -0.2) is 23.3 Å². The normalized spacial score (nSPS) is 16.7. The van der Waals surface area contributed by atoms with Crippen LogP contribution in [0.4, 0.5) is 5.82 Å². The fraction of sp³-hybridized carbons (Fsp3) is 0.294. The minimum Gasteiger partial charge on any atom is -0.466 e. The molecule has 1 aliphatic rings. The summed E-state index contributed by atoms with van der Waals surface area (Å²) in [4.78, 5) is 12.5. The van der Waals surface area contributed by atoms with Crippen LogP contribution >= 0.6 is 11.6 Å². The maximum absolute atomic E-state index is 12.5. The minimum atomic E-state index is -0.349. The van der Waals surface area contributed by atoms with Crippen LogP contribution in [0.2, 0.25) is 5.02 Å². The van der Waals surface area contributed by atoms with Crippen molar-refractivity contribution >= 4 is 23.4 Å². The first-order valence-electron chi connectivity index (χ1n) is 7.53. The number of hydrogen-bond donors (Lipinski definition) is 2. The summed E-state index contributed by atoms with van der Waals surface area (Å²) in [6, 6.07) is 7.55. The Morgan fingerprint density at radius 2 is 2.13 bits per heavy atom. The molecule has 0 aliphatic carbocycles. The first-order valence-corrected chi connectivity index (χ1v) is 7.91. The minimum absolute atomic E-state index is 0.298. The molecule has 23 heavy (non-hydrogen) atoms. The van der Waals surface area contributed by atoms with E-state index in [2.05, 4.69) is 22.4 Å². The molecule has 0 bridgehead atoms. The Balaban J connectivity index is 2.23. The van der Waals surface area contributed by atoms with Gasteiger partial charge in [-0.25, -0.2) is 4.79 Å². The van der Waals surface area contributed by atoms with Gasteiger partial charge in [-0.05, 0) is 18.1 Å². The smallest absolute Gasteiger partial charge is 0.336 e. The molecule has 2 aromatic rings. The van der Waals surface area contributed by atoms with Crippen molar-refractivity contribution in [1.82, 2.24) is 10.2 Å². The average molecular weight is 332 g/mol. The summed E-state index contributed by atoms with van der Waals surface area (Å²) in [6.45, 7) is 2.06. The highest BCUT2D eigenvalue weighted by molar-refractivity contribution is 6.31. The van der Waals surface area contributed by atoms with E-state index in [0.717, 1.165) is 35.5 Å². The second-order valence-electron chi connectivity index (χ2n) is 5.40. The quantitative estimate of drug-likeness (QED) is 0.835. The van der Waals surface area contributed by atoms with E-state index in [1.165, 1.54) is 7.11 Å².